The van der Waals surface area contributed by atoms with Crippen LogP contribution in [0.15, 0.2) is 24.3 Å². The first-order valence-corrected chi connectivity index (χ1v) is 7.11. The maximum atomic E-state index is 12.5. The number of piperidine rings is 1. The lowest BCUT2D eigenvalue weighted by Gasteiger charge is -2.40. The summed E-state index contributed by atoms with van der Waals surface area (Å²) in [5, 5.41) is 9.22. The molecule has 1 aliphatic carbocycles. The topological polar surface area (TPSA) is 57.6 Å². The van der Waals surface area contributed by atoms with Crippen LogP contribution in [0.1, 0.15) is 36.8 Å². The second-order valence-corrected chi connectivity index (χ2v) is 6.15. The van der Waals surface area contributed by atoms with Crippen LogP contribution in [0.25, 0.3) is 0 Å². The Morgan fingerprint density at radius 3 is 2.50 bits per heavy atom. The first-order valence-electron chi connectivity index (χ1n) is 7.11. The average Bonchev–Trinajstić information content (AvgIpc) is 2.40. The van der Waals surface area contributed by atoms with Crippen molar-refractivity contribution in [2.24, 2.45) is 5.41 Å². The SMILES string of the molecule is CC1(C(=O)O)CCN(C(=O)C2Cc3ccccc32)CC1. The Balaban J connectivity index is 1.65. The molecule has 0 bridgehead atoms. The average molecular weight is 273 g/mol. The molecule has 4 heteroatoms. The maximum absolute atomic E-state index is 12.5. The maximum Gasteiger partial charge on any atom is 0.309 e. The van der Waals surface area contributed by atoms with Crippen molar-refractivity contribution in [2.45, 2.75) is 32.1 Å². The van der Waals surface area contributed by atoms with Crippen molar-refractivity contribution in [3.05, 3.63) is 35.4 Å². The quantitative estimate of drug-likeness (QED) is 0.897. The Bertz CT molecular complexity index is 559. The van der Waals surface area contributed by atoms with Crippen LogP contribution in [-0.4, -0.2) is 35.0 Å². The van der Waals surface area contributed by atoms with Gasteiger partial charge in [-0.15, -0.1) is 0 Å². The van der Waals surface area contributed by atoms with Crippen LogP contribution in [0.2, 0.25) is 0 Å². The minimum Gasteiger partial charge on any atom is -0.481 e. The highest BCUT2D eigenvalue weighted by Gasteiger charge is 2.41. The van der Waals surface area contributed by atoms with Gasteiger partial charge in [0.15, 0.2) is 0 Å². The summed E-state index contributed by atoms with van der Waals surface area (Å²) in [4.78, 5) is 25.6. The highest BCUT2D eigenvalue weighted by Crippen LogP contribution is 2.38. The first kappa shape index (κ1) is 13.2. The van der Waals surface area contributed by atoms with Crippen molar-refractivity contribution in [1.29, 1.82) is 0 Å². The molecule has 1 N–H and O–H groups in total. The Kier molecular flexibility index (Phi) is 3.04. The van der Waals surface area contributed by atoms with Crippen molar-refractivity contribution in [2.75, 3.05) is 13.1 Å². The molecular formula is C16H19NO3. The molecular weight excluding hydrogens is 254 g/mol. The fourth-order valence-corrected chi connectivity index (χ4v) is 3.13. The number of carbonyl (C=O) groups excluding carboxylic acids is 1. The first-order chi connectivity index (χ1) is 9.51. The van der Waals surface area contributed by atoms with E-state index in [1.807, 2.05) is 23.1 Å². The fourth-order valence-electron chi connectivity index (χ4n) is 3.13. The summed E-state index contributed by atoms with van der Waals surface area (Å²) in [5.74, 6) is -0.602. The third-order valence-corrected chi connectivity index (χ3v) is 4.85. The van der Waals surface area contributed by atoms with Gasteiger partial charge in [-0.3, -0.25) is 9.59 Å². The summed E-state index contributed by atoms with van der Waals surface area (Å²) in [6.45, 7) is 2.89. The van der Waals surface area contributed by atoms with Gasteiger partial charge < -0.3 is 10.0 Å². The van der Waals surface area contributed by atoms with Crippen LogP contribution < -0.4 is 0 Å². The van der Waals surface area contributed by atoms with Gasteiger partial charge in [0.2, 0.25) is 5.91 Å². The molecule has 3 rings (SSSR count). The predicted octanol–water partition coefficient (Wildman–Crippen LogP) is 2.04. The monoisotopic (exact) mass is 273 g/mol. The number of carbonyl (C=O) groups is 2. The van der Waals surface area contributed by atoms with E-state index >= 15 is 0 Å². The Morgan fingerprint density at radius 1 is 1.25 bits per heavy atom. The normalized spacial score (nSPS) is 23.6. The molecule has 20 heavy (non-hydrogen) atoms. The number of rotatable bonds is 2. The van der Waals surface area contributed by atoms with Crippen molar-refractivity contribution in [3.63, 3.8) is 0 Å². The van der Waals surface area contributed by atoms with Gasteiger partial charge in [-0.05, 0) is 37.3 Å². The molecule has 0 saturated carbocycles. The van der Waals surface area contributed by atoms with Gasteiger partial charge in [-0.2, -0.15) is 0 Å². The lowest BCUT2D eigenvalue weighted by atomic mass is 9.75. The van der Waals surface area contributed by atoms with Gasteiger partial charge in [0.05, 0.1) is 11.3 Å². The molecule has 1 aliphatic heterocycles. The third-order valence-electron chi connectivity index (χ3n) is 4.85. The smallest absolute Gasteiger partial charge is 0.309 e. The molecule has 0 radical (unpaired) electrons. The molecule has 106 valence electrons. The Labute approximate surface area is 118 Å². The highest BCUT2D eigenvalue weighted by molar-refractivity contribution is 5.87. The van der Waals surface area contributed by atoms with Crippen molar-refractivity contribution >= 4 is 11.9 Å². The van der Waals surface area contributed by atoms with E-state index in [4.69, 9.17) is 0 Å². The van der Waals surface area contributed by atoms with E-state index in [-0.39, 0.29) is 11.8 Å². The van der Waals surface area contributed by atoms with Crippen LogP contribution in [0, 0.1) is 5.41 Å². The van der Waals surface area contributed by atoms with Gasteiger partial charge >= 0.3 is 5.97 Å². The summed E-state index contributed by atoms with van der Waals surface area (Å²) in [5.41, 5.74) is 1.73. The summed E-state index contributed by atoms with van der Waals surface area (Å²) < 4.78 is 0. The molecule has 2 aliphatic rings. The third kappa shape index (κ3) is 1.99. The number of carboxylic acids is 1. The molecule has 0 spiro atoms. The van der Waals surface area contributed by atoms with Gasteiger partial charge in [-0.1, -0.05) is 24.3 Å². The molecule has 1 saturated heterocycles. The van der Waals surface area contributed by atoms with Gasteiger partial charge in [0.25, 0.3) is 0 Å². The minimum absolute atomic E-state index is 0.0135. The number of aliphatic carboxylic acids is 1. The number of likely N-dealkylation sites (tertiary alicyclic amines) is 1. The van der Waals surface area contributed by atoms with Gasteiger partial charge in [-0.25, -0.2) is 0 Å². The zero-order chi connectivity index (χ0) is 14.3. The zero-order valence-electron chi connectivity index (χ0n) is 11.6. The molecule has 1 atom stereocenters. The lowest BCUT2D eigenvalue weighted by Crippen LogP contribution is -2.48. The largest absolute Gasteiger partial charge is 0.481 e. The summed E-state index contributed by atoms with van der Waals surface area (Å²) in [6, 6.07) is 8.05. The Morgan fingerprint density at radius 2 is 1.90 bits per heavy atom. The number of fused-ring (bicyclic) bond motifs is 1. The standard InChI is InChI=1S/C16H19NO3/c1-16(15(19)20)6-8-17(9-7-16)14(18)13-10-11-4-2-3-5-12(11)13/h2-5,13H,6-10H2,1H3,(H,19,20). The van der Waals surface area contributed by atoms with E-state index in [0.717, 1.165) is 12.0 Å². The summed E-state index contributed by atoms with van der Waals surface area (Å²) in [6.07, 6.45) is 1.91. The molecule has 1 fully saturated rings. The number of hydrogen-bond donors (Lipinski definition) is 1. The van der Waals surface area contributed by atoms with E-state index in [2.05, 4.69) is 6.07 Å². The zero-order valence-corrected chi connectivity index (χ0v) is 11.6. The number of carboxylic acid groups (broad SMARTS) is 1. The van der Waals surface area contributed by atoms with Crippen LogP contribution >= 0.6 is 0 Å². The fraction of sp³-hybridized carbons (Fsp3) is 0.500. The number of benzene rings is 1. The van der Waals surface area contributed by atoms with E-state index in [1.54, 1.807) is 6.92 Å². The molecule has 1 aromatic rings. The van der Waals surface area contributed by atoms with Crippen LogP contribution in [0.4, 0.5) is 0 Å². The lowest BCUT2D eigenvalue weighted by molar-refractivity contribution is -0.153. The van der Waals surface area contributed by atoms with E-state index < -0.39 is 11.4 Å². The molecule has 0 aromatic heterocycles. The van der Waals surface area contributed by atoms with E-state index in [9.17, 15) is 14.7 Å². The number of nitrogens with zero attached hydrogens (tertiary/aromatic N) is 1. The van der Waals surface area contributed by atoms with Crippen LogP contribution in [-0.2, 0) is 16.0 Å². The molecule has 1 unspecified atom stereocenters. The van der Waals surface area contributed by atoms with E-state index in [0.29, 0.717) is 25.9 Å². The molecule has 1 amide bonds. The van der Waals surface area contributed by atoms with Crippen molar-refractivity contribution < 1.29 is 14.7 Å². The second-order valence-electron chi connectivity index (χ2n) is 6.15. The number of amides is 1. The molecule has 1 aromatic carbocycles. The van der Waals surface area contributed by atoms with Crippen molar-refractivity contribution in [3.8, 4) is 0 Å². The van der Waals surface area contributed by atoms with Gasteiger partial charge in [0, 0.05) is 13.1 Å². The molecule has 4 nitrogen and oxygen atoms in total. The highest BCUT2D eigenvalue weighted by atomic mass is 16.4. The summed E-state index contributed by atoms with van der Waals surface area (Å²) >= 11 is 0. The minimum atomic E-state index is -0.751. The second kappa shape index (κ2) is 4.62. The summed E-state index contributed by atoms with van der Waals surface area (Å²) in [7, 11) is 0. The number of hydrogen-bond acceptors (Lipinski definition) is 2. The predicted molar refractivity (Wildman–Crippen MR) is 74.4 cm³/mol. The van der Waals surface area contributed by atoms with Crippen LogP contribution in [0.3, 0.4) is 0 Å². The van der Waals surface area contributed by atoms with Crippen LogP contribution in [0.5, 0.6) is 0 Å². The Hall–Kier alpha value is -1.84. The molecule has 1 heterocycles. The van der Waals surface area contributed by atoms with Crippen molar-refractivity contribution in [1.82, 2.24) is 4.90 Å². The van der Waals surface area contributed by atoms with Gasteiger partial charge in [0.1, 0.15) is 0 Å². The van der Waals surface area contributed by atoms with E-state index in [1.165, 1.54) is 5.56 Å².